The van der Waals surface area contributed by atoms with Crippen LogP contribution >= 0.6 is 23.4 Å². The molecule has 2 aromatic heterocycles. The molecule has 20 heavy (non-hydrogen) atoms. The summed E-state index contributed by atoms with van der Waals surface area (Å²) in [5, 5.41) is 0.670. The number of hydrogen-bond acceptors (Lipinski definition) is 3. The second-order valence-corrected chi connectivity index (χ2v) is 6.86. The first-order valence-corrected chi connectivity index (χ1v) is 9.00. The molecule has 0 amide bonds. The molecule has 1 saturated carbocycles. The van der Waals surface area contributed by atoms with Gasteiger partial charge in [0.2, 0.25) is 0 Å². The summed E-state index contributed by atoms with van der Waals surface area (Å²) in [6.45, 7) is 2.04. The van der Waals surface area contributed by atoms with E-state index in [0.717, 1.165) is 29.1 Å². The Morgan fingerprint density at radius 1 is 1.35 bits per heavy atom. The minimum absolute atomic E-state index is 0.516. The lowest BCUT2D eigenvalue weighted by atomic mass is 10.2. The summed E-state index contributed by atoms with van der Waals surface area (Å²) < 4.78 is 2.37. The predicted octanol–water partition coefficient (Wildman–Crippen LogP) is 3.98. The van der Waals surface area contributed by atoms with E-state index in [-0.39, 0.29) is 0 Å². The van der Waals surface area contributed by atoms with E-state index >= 15 is 0 Å². The van der Waals surface area contributed by atoms with Crippen molar-refractivity contribution in [3.05, 3.63) is 23.7 Å². The molecule has 0 aromatic carbocycles. The number of rotatable bonds is 4. The van der Waals surface area contributed by atoms with Crippen LogP contribution in [0.5, 0.6) is 0 Å². The van der Waals surface area contributed by atoms with Crippen LogP contribution in [0.2, 0.25) is 0 Å². The van der Waals surface area contributed by atoms with Crippen molar-refractivity contribution in [2.45, 2.75) is 43.9 Å². The zero-order valence-electron chi connectivity index (χ0n) is 12.0. The highest BCUT2D eigenvalue weighted by molar-refractivity contribution is 7.99. The van der Waals surface area contributed by atoms with Gasteiger partial charge in [0.15, 0.2) is 5.65 Å². The van der Waals surface area contributed by atoms with E-state index in [1.165, 1.54) is 19.3 Å². The van der Waals surface area contributed by atoms with Gasteiger partial charge in [0.1, 0.15) is 11.3 Å². The Bertz CT molecular complexity index is 610. The molecule has 108 valence electrons. The first kappa shape index (κ1) is 14.2. The van der Waals surface area contributed by atoms with Gasteiger partial charge in [-0.1, -0.05) is 6.42 Å². The van der Waals surface area contributed by atoms with Crippen molar-refractivity contribution in [3.63, 3.8) is 0 Å². The molecule has 1 aliphatic carbocycles. The number of hydrogen-bond donors (Lipinski definition) is 0. The van der Waals surface area contributed by atoms with Crippen LogP contribution in [0, 0.1) is 6.92 Å². The summed E-state index contributed by atoms with van der Waals surface area (Å²) in [6, 6.07) is 4.63. The van der Waals surface area contributed by atoms with E-state index in [1.807, 2.05) is 24.8 Å². The van der Waals surface area contributed by atoms with Gasteiger partial charge in [0, 0.05) is 29.3 Å². The third-order valence-corrected chi connectivity index (χ3v) is 5.46. The zero-order chi connectivity index (χ0) is 14.1. The van der Waals surface area contributed by atoms with Crippen molar-refractivity contribution in [1.29, 1.82) is 0 Å². The lowest BCUT2D eigenvalue weighted by Gasteiger charge is -2.22. The van der Waals surface area contributed by atoms with Gasteiger partial charge < -0.3 is 4.57 Å². The topological polar surface area (TPSA) is 30.7 Å². The van der Waals surface area contributed by atoms with Crippen molar-refractivity contribution < 1.29 is 0 Å². The summed E-state index contributed by atoms with van der Waals surface area (Å²) in [5.41, 5.74) is 3.09. The highest BCUT2D eigenvalue weighted by atomic mass is 35.5. The summed E-state index contributed by atoms with van der Waals surface area (Å²) in [7, 11) is 0. The van der Waals surface area contributed by atoms with E-state index < -0.39 is 0 Å². The number of nitrogens with zero attached hydrogens (tertiary/aromatic N) is 3. The smallest absolute Gasteiger partial charge is 0.160 e. The summed E-state index contributed by atoms with van der Waals surface area (Å²) in [4.78, 5) is 9.50. The number of imidazole rings is 1. The van der Waals surface area contributed by atoms with E-state index in [4.69, 9.17) is 21.6 Å². The van der Waals surface area contributed by atoms with Crippen LogP contribution in [0.15, 0.2) is 12.1 Å². The van der Waals surface area contributed by atoms with Gasteiger partial charge in [-0.2, -0.15) is 11.8 Å². The Morgan fingerprint density at radius 3 is 2.95 bits per heavy atom. The number of pyridine rings is 1. The van der Waals surface area contributed by atoms with Crippen molar-refractivity contribution in [2.75, 3.05) is 12.1 Å². The molecule has 1 aliphatic rings. The summed E-state index contributed by atoms with van der Waals surface area (Å²) in [6.07, 6.45) is 6.83. The van der Waals surface area contributed by atoms with E-state index in [9.17, 15) is 0 Å². The number of aryl methyl sites for hydroxylation is 2. The Hall–Kier alpha value is -0.740. The normalized spacial score (nSPS) is 22.8. The number of fused-ring (bicyclic) bond motifs is 1. The molecule has 2 unspecified atom stereocenters. The first-order chi connectivity index (χ1) is 9.74. The van der Waals surface area contributed by atoms with E-state index in [1.54, 1.807) is 0 Å². The summed E-state index contributed by atoms with van der Waals surface area (Å²) in [5.74, 6) is 1.71. The standard InChI is InChI=1S/C15H20ClN3S/c1-10-6-7-11-15(17-10)19(14(18-11)8-9-16)12-4-3-5-13(12)20-2/h6-7,12-13H,3-5,8-9H2,1-2H3. The summed E-state index contributed by atoms with van der Waals surface area (Å²) >= 11 is 7.93. The molecule has 0 saturated heterocycles. The molecule has 2 atom stereocenters. The van der Waals surface area contributed by atoms with Crippen molar-refractivity contribution in [2.24, 2.45) is 0 Å². The largest absolute Gasteiger partial charge is 0.308 e. The van der Waals surface area contributed by atoms with Gasteiger partial charge in [-0.3, -0.25) is 0 Å². The fraction of sp³-hybridized carbons (Fsp3) is 0.600. The Labute approximate surface area is 129 Å². The zero-order valence-corrected chi connectivity index (χ0v) is 13.5. The number of thioether (sulfide) groups is 1. The van der Waals surface area contributed by atoms with Crippen molar-refractivity contribution in [3.8, 4) is 0 Å². The average Bonchev–Trinajstić information content (AvgIpc) is 3.02. The van der Waals surface area contributed by atoms with Gasteiger partial charge in [0.25, 0.3) is 0 Å². The third-order valence-electron chi connectivity index (χ3n) is 4.12. The molecule has 2 aromatic rings. The van der Waals surface area contributed by atoms with Crippen LogP contribution in [0.1, 0.15) is 36.8 Å². The van der Waals surface area contributed by atoms with Gasteiger partial charge in [-0.05, 0) is 38.2 Å². The molecule has 0 radical (unpaired) electrons. The first-order valence-electron chi connectivity index (χ1n) is 7.18. The molecule has 0 aliphatic heterocycles. The van der Waals surface area contributed by atoms with Gasteiger partial charge in [0.05, 0.1) is 0 Å². The highest BCUT2D eigenvalue weighted by Gasteiger charge is 2.31. The molecule has 0 spiro atoms. The van der Waals surface area contributed by atoms with Gasteiger partial charge in [-0.25, -0.2) is 9.97 Å². The van der Waals surface area contributed by atoms with E-state index in [0.29, 0.717) is 17.2 Å². The number of halogens is 1. The minimum Gasteiger partial charge on any atom is -0.308 e. The molecule has 1 fully saturated rings. The van der Waals surface area contributed by atoms with Gasteiger partial charge in [-0.15, -0.1) is 11.6 Å². The fourth-order valence-electron chi connectivity index (χ4n) is 3.20. The predicted molar refractivity (Wildman–Crippen MR) is 86.9 cm³/mol. The van der Waals surface area contributed by atoms with Crippen LogP contribution in [0.4, 0.5) is 0 Å². The quantitative estimate of drug-likeness (QED) is 0.800. The van der Waals surface area contributed by atoms with Crippen LogP contribution < -0.4 is 0 Å². The fourth-order valence-corrected chi connectivity index (χ4v) is 4.34. The highest BCUT2D eigenvalue weighted by Crippen LogP contribution is 2.39. The molecule has 0 N–H and O–H groups in total. The molecule has 3 nitrogen and oxygen atoms in total. The monoisotopic (exact) mass is 309 g/mol. The Balaban J connectivity index is 2.14. The van der Waals surface area contributed by atoms with Crippen molar-refractivity contribution in [1.82, 2.24) is 14.5 Å². The molecular formula is C15H20ClN3S. The SMILES string of the molecule is CSC1CCCC1n1c(CCCl)nc2ccc(C)nc21. The molecular weight excluding hydrogens is 290 g/mol. The maximum Gasteiger partial charge on any atom is 0.160 e. The number of alkyl halides is 1. The van der Waals surface area contributed by atoms with Crippen LogP contribution in [0.3, 0.4) is 0 Å². The van der Waals surface area contributed by atoms with Crippen LogP contribution in [-0.2, 0) is 6.42 Å². The van der Waals surface area contributed by atoms with Gasteiger partial charge >= 0.3 is 0 Å². The lowest BCUT2D eigenvalue weighted by Crippen LogP contribution is -2.19. The molecule has 3 rings (SSSR count). The van der Waals surface area contributed by atoms with Crippen LogP contribution in [0.25, 0.3) is 11.2 Å². The molecule has 2 heterocycles. The minimum atomic E-state index is 0.516. The Morgan fingerprint density at radius 2 is 2.20 bits per heavy atom. The van der Waals surface area contributed by atoms with Crippen LogP contribution in [-0.4, -0.2) is 31.9 Å². The van der Waals surface area contributed by atoms with Crippen molar-refractivity contribution >= 4 is 34.5 Å². The lowest BCUT2D eigenvalue weighted by molar-refractivity contribution is 0.519. The maximum absolute atomic E-state index is 5.96. The molecule has 0 bridgehead atoms. The maximum atomic E-state index is 5.96. The van der Waals surface area contributed by atoms with E-state index in [2.05, 4.69) is 16.9 Å². The third kappa shape index (κ3) is 2.44. The molecule has 5 heteroatoms. The second-order valence-electron chi connectivity index (χ2n) is 5.40. The average molecular weight is 310 g/mol. The number of aromatic nitrogens is 3. The second kappa shape index (κ2) is 5.94. The Kier molecular flexibility index (Phi) is 4.22.